The number of amides is 2. The maximum atomic E-state index is 12.2. The van der Waals surface area contributed by atoms with Crippen LogP contribution in [0.5, 0.6) is 5.75 Å². The predicted octanol–water partition coefficient (Wildman–Crippen LogP) is 2.33. The third-order valence-corrected chi connectivity index (χ3v) is 4.43. The number of nitrogens with zero attached hydrogens (tertiary/aromatic N) is 2. The van der Waals surface area contributed by atoms with E-state index in [9.17, 15) is 9.59 Å². The van der Waals surface area contributed by atoms with E-state index in [2.05, 4.69) is 20.8 Å². The van der Waals surface area contributed by atoms with Crippen molar-refractivity contribution in [2.24, 2.45) is 5.10 Å². The number of hydrazone groups is 1. The van der Waals surface area contributed by atoms with Gasteiger partial charge >= 0.3 is 0 Å². The first-order chi connectivity index (χ1) is 11.6. The molecule has 0 radical (unpaired) electrons. The van der Waals surface area contributed by atoms with Crippen LogP contribution >= 0.6 is 11.3 Å². The van der Waals surface area contributed by atoms with E-state index < -0.39 is 0 Å². The normalized spacial score (nSPS) is 13.9. The van der Waals surface area contributed by atoms with Crippen molar-refractivity contribution in [3.05, 3.63) is 29.1 Å². The molecule has 1 aliphatic rings. The monoisotopic (exact) mass is 344 g/mol. The van der Waals surface area contributed by atoms with Crippen LogP contribution in [0, 0.1) is 6.92 Å². The van der Waals surface area contributed by atoms with Gasteiger partial charge in [-0.25, -0.2) is 10.4 Å². The highest BCUT2D eigenvalue weighted by Gasteiger charge is 2.20. The maximum Gasteiger partial charge on any atom is 0.273 e. The van der Waals surface area contributed by atoms with E-state index in [0.717, 1.165) is 21.9 Å². The number of carbonyl (C=O) groups is 2. The topological polar surface area (TPSA) is 92.7 Å². The van der Waals surface area contributed by atoms with E-state index in [-0.39, 0.29) is 18.2 Å². The van der Waals surface area contributed by atoms with Gasteiger partial charge in [-0.2, -0.15) is 5.10 Å². The number of benzene rings is 1. The number of hydrogen-bond acceptors (Lipinski definition) is 6. The minimum Gasteiger partial charge on any atom is -0.497 e. The van der Waals surface area contributed by atoms with Crippen molar-refractivity contribution in [1.29, 1.82) is 0 Å². The zero-order chi connectivity index (χ0) is 17.1. The number of rotatable bonds is 4. The summed E-state index contributed by atoms with van der Waals surface area (Å²) in [5.41, 5.74) is 4.38. The molecule has 1 aromatic carbocycles. The van der Waals surface area contributed by atoms with Crippen LogP contribution in [0.15, 0.2) is 29.4 Å². The van der Waals surface area contributed by atoms with Crippen LogP contribution in [0.2, 0.25) is 0 Å². The SMILES string of the molecule is COc1ccc(-c2nc(NC(=O)C3=NNC(=O)CC3)sc2C)cc1. The Hall–Kier alpha value is -2.74. The molecule has 7 nitrogen and oxygen atoms in total. The lowest BCUT2D eigenvalue weighted by Crippen LogP contribution is -2.32. The van der Waals surface area contributed by atoms with Crippen LogP contribution in [0.1, 0.15) is 17.7 Å². The average Bonchev–Trinajstić information content (AvgIpc) is 2.95. The van der Waals surface area contributed by atoms with Gasteiger partial charge in [0.15, 0.2) is 5.13 Å². The maximum absolute atomic E-state index is 12.2. The third kappa shape index (κ3) is 3.43. The zero-order valence-electron chi connectivity index (χ0n) is 13.3. The number of carbonyl (C=O) groups excluding carboxylic acids is 2. The molecular formula is C16H16N4O3S. The highest BCUT2D eigenvalue weighted by Crippen LogP contribution is 2.31. The highest BCUT2D eigenvalue weighted by molar-refractivity contribution is 7.16. The molecule has 0 unspecified atom stereocenters. The van der Waals surface area contributed by atoms with E-state index >= 15 is 0 Å². The minimum atomic E-state index is -0.343. The Morgan fingerprint density at radius 1 is 1.29 bits per heavy atom. The highest BCUT2D eigenvalue weighted by atomic mass is 32.1. The zero-order valence-corrected chi connectivity index (χ0v) is 14.1. The molecule has 3 rings (SSSR count). The second kappa shape index (κ2) is 6.79. The fraction of sp³-hybridized carbons (Fsp3) is 0.250. The summed E-state index contributed by atoms with van der Waals surface area (Å²) in [6.07, 6.45) is 0.591. The minimum absolute atomic E-state index is 0.182. The molecule has 0 fully saturated rings. The van der Waals surface area contributed by atoms with Crippen molar-refractivity contribution in [3.63, 3.8) is 0 Å². The molecular weight excluding hydrogens is 328 g/mol. The van der Waals surface area contributed by atoms with Gasteiger partial charge in [0.2, 0.25) is 5.91 Å². The summed E-state index contributed by atoms with van der Waals surface area (Å²) in [4.78, 5) is 28.7. The lowest BCUT2D eigenvalue weighted by molar-refractivity contribution is -0.121. The molecule has 0 spiro atoms. The van der Waals surface area contributed by atoms with Gasteiger partial charge in [0.1, 0.15) is 11.5 Å². The fourth-order valence-corrected chi connectivity index (χ4v) is 3.10. The number of ether oxygens (including phenoxy) is 1. The van der Waals surface area contributed by atoms with Crippen LogP contribution < -0.4 is 15.5 Å². The second-order valence-corrected chi connectivity index (χ2v) is 6.40. The Morgan fingerprint density at radius 2 is 2.04 bits per heavy atom. The van der Waals surface area contributed by atoms with Gasteiger partial charge in [-0.1, -0.05) is 0 Å². The van der Waals surface area contributed by atoms with Crippen molar-refractivity contribution >= 4 is 34.0 Å². The van der Waals surface area contributed by atoms with Gasteiger partial charge in [-0.05, 0) is 31.2 Å². The Labute approximate surface area is 142 Å². The molecule has 0 saturated carbocycles. The van der Waals surface area contributed by atoms with E-state index in [1.54, 1.807) is 7.11 Å². The Bertz CT molecular complexity index is 811. The summed E-state index contributed by atoms with van der Waals surface area (Å²) in [5.74, 6) is 0.251. The number of aryl methyl sites for hydroxylation is 1. The van der Waals surface area contributed by atoms with Crippen molar-refractivity contribution in [2.45, 2.75) is 19.8 Å². The standard InChI is InChI=1S/C16H16N4O3S/c1-9-14(10-3-5-11(23-2)6-4-10)17-16(24-9)18-15(22)12-7-8-13(21)20-19-12/h3-6H,7-8H2,1-2H3,(H,20,21)(H,17,18,22). The van der Waals surface area contributed by atoms with Crippen LogP contribution in [0.4, 0.5) is 5.13 Å². The first-order valence-corrected chi connectivity index (χ1v) is 8.17. The second-order valence-electron chi connectivity index (χ2n) is 5.20. The van der Waals surface area contributed by atoms with Crippen LogP contribution in [-0.4, -0.2) is 29.6 Å². The summed E-state index contributed by atoms with van der Waals surface area (Å²) in [6.45, 7) is 1.95. The first-order valence-electron chi connectivity index (χ1n) is 7.35. The van der Waals surface area contributed by atoms with E-state index in [4.69, 9.17) is 4.74 Å². The molecule has 2 N–H and O–H groups in total. The van der Waals surface area contributed by atoms with Crippen molar-refractivity contribution in [1.82, 2.24) is 10.4 Å². The number of hydrogen-bond donors (Lipinski definition) is 2. The third-order valence-electron chi connectivity index (χ3n) is 3.55. The smallest absolute Gasteiger partial charge is 0.273 e. The summed E-state index contributed by atoms with van der Waals surface area (Å²) in [6, 6.07) is 7.58. The number of methoxy groups -OCH3 is 1. The van der Waals surface area contributed by atoms with E-state index in [1.165, 1.54) is 11.3 Å². The predicted molar refractivity (Wildman–Crippen MR) is 92.3 cm³/mol. The molecule has 1 aromatic heterocycles. The van der Waals surface area contributed by atoms with Gasteiger partial charge in [-0.15, -0.1) is 11.3 Å². The molecule has 124 valence electrons. The van der Waals surface area contributed by atoms with Crippen molar-refractivity contribution in [2.75, 3.05) is 12.4 Å². The van der Waals surface area contributed by atoms with Gasteiger partial charge < -0.3 is 4.74 Å². The number of aromatic nitrogens is 1. The molecule has 2 amide bonds. The number of thiazole rings is 1. The number of anilines is 1. The van der Waals surface area contributed by atoms with Gasteiger partial charge in [0.05, 0.1) is 12.8 Å². The van der Waals surface area contributed by atoms with Gasteiger partial charge in [0, 0.05) is 23.3 Å². The molecule has 8 heteroatoms. The molecule has 24 heavy (non-hydrogen) atoms. The van der Waals surface area contributed by atoms with E-state index in [0.29, 0.717) is 17.3 Å². The van der Waals surface area contributed by atoms with Crippen LogP contribution in [0.25, 0.3) is 11.3 Å². The summed E-state index contributed by atoms with van der Waals surface area (Å²) >= 11 is 1.40. The molecule has 0 bridgehead atoms. The summed E-state index contributed by atoms with van der Waals surface area (Å²) in [5, 5.41) is 7.03. The summed E-state index contributed by atoms with van der Waals surface area (Å²) in [7, 11) is 1.62. The fourth-order valence-electron chi connectivity index (χ4n) is 2.27. The quantitative estimate of drug-likeness (QED) is 0.890. The summed E-state index contributed by atoms with van der Waals surface area (Å²) < 4.78 is 5.15. The molecule has 0 aliphatic carbocycles. The lowest BCUT2D eigenvalue weighted by atomic mass is 10.1. The van der Waals surface area contributed by atoms with Crippen LogP contribution in [-0.2, 0) is 9.59 Å². The lowest BCUT2D eigenvalue weighted by Gasteiger charge is -2.10. The Kier molecular flexibility index (Phi) is 4.57. The molecule has 2 heterocycles. The Balaban J connectivity index is 1.76. The molecule has 2 aromatic rings. The van der Waals surface area contributed by atoms with Crippen molar-refractivity contribution < 1.29 is 14.3 Å². The average molecular weight is 344 g/mol. The first kappa shape index (κ1) is 16.1. The number of nitrogens with one attached hydrogen (secondary N) is 2. The molecule has 1 aliphatic heterocycles. The molecule has 0 saturated heterocycles. The van der Waals surface area contributed by atoms with Crippen LogP contribution in [0.3, 0.4) is 0 Å². The largest absolute Gasteiger partial charge is 0.497 e. The molecule has 0 atom stereocenters. The van der Waals surface area contributed by atoms with E-state index in [1.807, 2.05) is 31.2 Å². The Morgan fingerprint density at radius 3 is 2.67 bits per heavy atom. The van der Waals surface area contributed by atoms with Gasteiger partial charge in [-0.3, -0.25) is 14.9 Å². The van der Waals surface area contributed by atoms with Crippen molar-refractivity contribution in [3.8, 4) is 17.0 Å². The van der Waals surface area contributed by atoms with Gasteiger partial charge in [0.25, 0.3) is 5.91 Å².